The average Bonchev–Trinajstić information content (AvgIpc) is 3.02. The summed E-state index contributed by atoms with van der Waals surface area (Å²) >= 11 is 3.44. The lowest BCUT2D eigenvalue weighted by molar-refractivity contribution is -0.115. The zero-order valence-corrected chi connectivity index (χ0v) is 25.9. The van der Waals surface area contributed by atoms with Crippen LogP contribution in [0.5, 0.6) is 0 Å². The smallest absolute Gasteiger partial charge is 0.228 e. The molecule has 4 aromatic rings. The van der Waals surface area contributed by atoms with E-state index in [2.05, 4.69) is 60.8 Å². The van der Waals surface area contributed by atoms with E-state index in [0.29, 0.717) is 28.8 Å². The third kappa shape index (κ3) is 9.12. The van der Waals surface area contributed by atoms with Gasteiger partial charge in [0.1, 0.15) is 5.82 Å². The Morgan fingerprint density at radius 1 is 0.976 bits per heavy atom. The van der Waals surface area contributed by atoms with Crippen LogP contribution < -0.4 is 27.3 Å². The van der Waals surface area contributed by atoms with Crippen LogP contribution in [0.25, 0.3) is 11.3 Å². The Balaban J connectivity index is 0.00000237. The summed E-state index contributed by atoms with van der Waals surface area (Å²) in [4.78, 5) is 24.6. The van der Waals surface area contributed by atoms with Crippen LogP contribution in [0.2, 0.25) is 0 Å². The van der Waals surface area contributed by atoms with Gasteiger partial charge in [-0.05, 0) is 29.2 Å². The molecule has 2 heterocycles. The maximum atomic E-state index is 13.1. The largest absolute Gasteiger partial charge is 0.382 e. The summed E-state index contributed by atoms with van der Waals surface area (Å²) in [5.41, 5.74) is 14.2. The van der Waals surface area contributed by atoms with E-state index >= 15 is 0 Å². The normalized spacial score (nSPS) is 10.8. The van der Waals surface area contributed by atoms with E-state index in [1.54, 1.807) is 12.4 Å². The molecule has 9 nitrogen and oxygen atoms in total. The molecule has 0 atom stereocenters. The first-order valence-corrected chi connectivity index (χ1v) is 15.1. The van der Waals surface area contributed by atoms with Crippen molar-refractivity contribution in [2.24, 2.45) is 16.7 Å². The number of rotatable bonds is 12. The summed E-state index contributed by atoms with van der Waals surface area (Å²) in [6.45, 7) is 7.59. The molecular weight excluding hydrogens is 592 g/mol. The van der Waals surface area contributed by atoms with E-state index in [1.807, 2.05) is 74.5 Å². The molecule has 0 bridgehead atoms. The number of carbonyl (C=O) groups is 1. The predicted molar refractivity (Wildman–Crippen MR) is 176 cm³/mol. The molecule has 0 spiro atoms. The third-order valence-electron chi connectivity index (χ3n) is 6.16. The molecule has 42 heavy (non-hydrogen) atoms. The minimum Gasteiger partial charge on any atom is -0.382 e. The van der Waals surface area contributed by atoms with Gasteiger partial charge in [0.2, 0.25) is 5.91 Å². The second-order valence-electron chi connectivity index (χ2n) is 9.24. The molecule has 0 radical (unpaired) electrons. The van der Waals surface area contributed by atoms with Crippen LogP contribution in [0.15, 0.2) is 90.3 Å². The van der Waals surface area contributed by atoms with E-state index in [9.17, 15) is 4.79 Å². The predicted octanol–water partition coefficient (Wildman–Crippen LogP) is 5.75. The highest BCUT2D eigenvalue weighted by atomic mass is 79.9. The maximum Gasteiger partial charge on any atom is 0.228 e. The first kappa shape index (κ1) is 32.2. The van der Waals surface area contributed by atoms with Gasteiger partial charge in [-0.25, -0.2) is 16.4 Å². The topological polar surface area (TPSA) is 135 Å². The van der Waals surface area contributed by atoms with Gasteiger partial charge in [0, 0.05) is 53.7 Å². The number of hydrogen-bond acceptors (Lipinski definition) is 7. The summed E-state index contributed by atoms with van der Waals surface area (Å²) in [5.74, 6) is 6.21. The summed E-state index contributed by atoms with van der Waals surface area (Å²) < 4.78 is 0. The SMILES string of the molecule is CC.CCCN(Cc1ccccc1)c1cc(NC(=O)Cc2cncc(CBr)c2)cc(-c2ccccc2/C(N)=N/NN)n1. The number of nitrogens with zero attached hydrogens (tertiary/aromatic N) is 4. The summed E-state index contributed by atoms with van der Waals surface area (Å²) in [5, 5.41) is 7.71. The van der Waals surface area contributed by atoms with Crippen LogP contribution in [0.1, 0.15) is 49.4 Å². The Morgan fingerprint density at radius 3 is 2.40 bits per heavy atom. The van der Waals surface area contributed by atoms with Gasteiger partial charge >= 0.3 is 0 Å². The number of alkyl halides is 1. The van der Waals surface area contributed by atoms with Crippen LogP contribution >= 0.6 is 15.9 Å². The van der Waals surface area contributed by atoms with Gasteiger partial charge < -0.3 is 16.0 Å². The number of amides is 1. The van der Waals surface area contributed by atoms with Crippen molar-refractivity contribution >= 4 is 39.2 Å². The molecule has 0 unspecified atom stereocenters. The maximum absolute atomic E-state index is 13.1. The number of anilines is 2. The van der Waals surface area contributed by atoms with E-state index in [4.69, 9.17) is 16.6 Å². The van der Waals surface area contributed by atoms with Gasteiger partial charge in [-0.15, -0.1) is 5.10 Å². The number of benzene rings is 2. The monoisotopic (exact) mass is 630 g/mol. The minimum atomic E-state index is -0.150. The van der Waals surface area contributed by atoms with Crippen molar-refractivity contribution in [3.05, 3.63) is 107 Å². The number of hydrazone groups is 1. The molecule has 10 heteroatoms. The molecule has 0 aliphatic carbocycles. The molecule has 0 fully saturated rings. The van der Waals surface area contributed by atoms with Crippen molar-refractivity contribution in [3.8, 4) is 11.3 Å². The van der Waals surface area contributed by atoms with Crippen LogP contribution in [0, 0.1) is 0 Å². The standard InChI is InChI=1S/C30H33BrN8O.C2H6/c1-2-12-39(20-21-8-4-3-5-9-21)28-16-24(35-29(40)14-22-13-23(17-31)19-34-18-22)15-27(36-28)25-10-6-7-11-26(25)30(32)37-38-33;1-2/h3-11,13,15-16,18-19,38H,2,12,14,17,20,33H2,1H3,(H2,32,37)(H,35,36,40);1-2H3. The van der Waals surface area contributed by atoms with Crippen molar-refractivity contribution in [2.75, 3.05) is 16.8 Å². The van der Waals surface area contributed by atoms with Gasteiger partial charge in [0.05, 0.1) is 12.1 Å². The lowest BCUT2D eigenvalue weighted by Crippen LogP contribution is -2.25. The van der Waals surface area contributed by atoms with E-state index in [1.165, 1.54) is 5.56 Å². The molecule has 6 N–H and O–H groups in total. The molecular formula is C32H39BrN8O. The molecule has 0 saturated carbocycles. The summed E-state index contributed by atoms with van der Waals surface area (Å²) in [6, 6.07) is 23.5. The number of hydrazine groups is 1. The highest BCUT2D eigenvalue weighted by Crippen LogP contribution is 2.29. The van der Waals surface area contributed by atoms with Gasteiger partial charge in [-0.1, -0.05) is 97.4 Å². The van der Waals surface area contributed by atoms with Crippen molar-refractivity contribution in [1.82, 2.24) is 15.5 Å². The fourth-order valence-corrected chi connectivity index (χ4v) is 4.70. The van der Waals surface area contributed by atoms with Crippen LogP contribution in [0.4, 0.5) is 11.5 Å². The van der Waals surface area contributed by atoms with Gasteiger partial charge in [-0.3, -0.25) is 9.78 Å². The second kappa shape index (κ2) is 16.9. The summed E-state index contributed by atoms with van der Waals surface area (Å²) in [7, 11) is 0. The fourth-order valence-electron chi connectivity index (χ4n) is 4.40. The Hall–Kier alpha value is -4.28. The van der Waals surface area contributed by atoms with Crippen LogP contribution in [-0.4, -0.2) is 28.3 Å². The number of carbonyl (C=O) groups excluding carboxylic acids is 1. The summed E-state index contributed by atoms with van der Waals surface area (Å²) in [6.07, 6.45) is 4.61. The van der Waals surface area contributed by atoms with Crippen molar-refractivity contribution in [2.45, 2.75) is 45.5 Å². The lowest BCUT2D eigenvalue weighted by Gasteiger charge is -2.25. The number of halogens is 1. The van der Waals surface area contributed by atoms with Gasteiger partial charge in [-0.2, -0.15) is 0 Å². The van der Waals surface area contributed by atoms with Gasteiger partial charge in [0.25, 0.3) is 0 Å². The quantitative estimate of drug-likeness (QED) is 0.0515. The van der Waals surface area contributed by atoms with E-state index < -0.39 is 0 Å². The molecule has 2 aromatic carbocycles. The fraction of sp³-hybridized carbons (Fsp3) is 0.250. The highest BCUT2D eigenvalue weighted by molar-refractivity contribution is 9.08. The number of nitrogens with one attached hydrogen (secondary N) is 2. The van der Waals surface area contributed by atoms with Crippen LogP contribution in [0.3, 0.4) is 0 Å². The molecule has 4 rings (SSSR count). The number of hydrogen-bond donors (Lipinski definition) is 4. The molecule has 2 aromatic heterocycles. The number of aromatic nitrogens is 2. The lowest BCUT2D eigenvalue weighted by atomic mass is 10.0. The number of pyridine rings is 2. The number of amidine groups is 1. The first-order valence-electron chi connectivity index (χ1n) is 14.0. The molecule has 0 aliphatic rings. The molecule has 0 aliphatic heterocycles. The third-order valence-corrected chi connectivity index (χ3v) is 6.81. The zero-order chi connectivity index (χ0) is 30.3. The molecule has 0 saturated heterocycles. The first-order chi connectivity index (χ1) is 20.5. The second-order valence-corrected chi connectivity index (χ2v) is 9.80. The minimum absolute atomic E-state index is 0.150. The Labute approximate surface area is 256 Å². The van der Waals surface area contributed by atoms with Crippen LogP contribution in [-0.2, 0) is 23.1 Å². The zero-order valence-electron chi connectivity index (χ0n) is 24.3. The van der Waals surface area contributed by atoms with E-state index in [-0.39, 0.29) is 18.2 Å². The Morgan fingerprint density at radius 2 is 1.69 bits per heavy atom. The van der Waals surface area contributed by atoms with Crippen molar-refractivity contribution in [3.63, 3.8) is 0 Å². The van der Waals surface area contributed by atoms with Crippen molar-refractivity contribution in [1.29, 1.82) is 0 Å². The average molecular weight is 632 g/mol. The van der Waals surface area contributed by atoms with E-state index in [0.717, 1.165) is 35.5 Å². The highest BCUT2D eigenvalue weighted by Gasteiger charge is 2.17. The Kier molecular flexibility index (Phi) is 12.9. The van der Waals surface area contributed by atoms with Crippen molar-refractivity contribution < 1.29 is 4.79 Å². The number of nitrogens with two attached hydrogens (primary N) is 2. The molecule has 220 valence electrons. The Bertz CT molecular complexity index is 1460. The van der Waals surface area contributed by atoms with Gasteiger partial charge in [0.15, 0.2) is 5.84 Å². The molecule has 1 amide bonds.